The molecule has 1 aromatic rings. The van der Waals surface area contributed by atoms with Gasteiger partial charge in [-0.05, 0) is 49.2 Å². The molecule has 1 aliphatic carbocycles. The Morgan fingerprint density at radius 2 is 1.95 bits per heavy atom. The Morgan fingerprint density at radius 3 is 2.70 bits per heavy atom. The monoisotopic (exact) mass is 291 g/mol. The first-order chi connectivity index (χ1) is 9.81. The molecular formula is C18H29NS. The van der Waals surface area contributed by atoms with Crippen molar-refractivity contribution in [1.82, 2.24) is 5.32 Å². The van der Waals surface area contributed by atoms with Gasteiger partial charge in [0.2, 0.25) is 0 Å². The first kappa shape index (κ1) is 15.9. The van der Waals surface area contributed by atoms with Crippen molar-refractivity contribution in [3.05, 3.63) is 35.9 Å². The lowest BCUT2D eigenvalue weighted by Crippen LogP contribution is -2.42. The molecule has 1 N–H and O–H groups in total. The largest absolute Gasteiger partial charge is 0.311 e. The highest BCUT2D eigenvalue weighted by Crippen LogP contribution is 2.33. The average Bonchev–Trinajstić information content (AvgIpc) is 2.49. The van der Waals surface area contributed by atoms with Gasteiger partial charge in [0.15, 0.2) is 0 Å². The highest BCUT2D eigenvalue weighted by atomic mass is 32.2. The van der Waals surface area contributed by atoms with Crippen molar-refractivity contribution in [1.29, 1.82) is 0 Å². The third-order valence-corrected chi connectivity index (χ3v) is 5.32. The molecule has 1 fully saturated rings. The van der Waals surface area contributed by atoms with Gasteiger partial charge in [-0.15, -0.1) is 0 Å². The molecule has 0 bridgehead atoms. The normalized spacial score (nSPS) is 24.5. The molecule has 3 unspecified atom stereocenters. The Kier molecular flexibility index (Phi) is 6.95. The molecule has 0 heterocycles. The molecule has 0 saturated heterocycles. The lowest BCUT2D eigenvalue weighted by atomic mass is 9.79. The summed E-state index contributed by atoms with van der Waals surface area (Å²) < 4.78 is 0. The second-order valence-electron chi connectivity index (χ2n) is 5.96. The van der Waals surface area contributed by atoms with E-state index in [1.54, 1.807) is 0 Å². The van der Waals surface area contributed by atoms with E-state index < -0.39 is 0 Å². The van der Waals surface area contributed by atoms with E-state index in [0.717, 1.165) is 0 Å². The number of thioether (sulfide) groups is 1. The fourth-order valence-electron chi connectivity index (χ4n) is 3.28. The average molecular weight is 292 g/mol. The molecule has 0 spiro atoms. The van der Waals surface area contributed by atoms with Gasteiger partial charge in [-0.3, -0.25) is 0 Å². The van der Waals surface area contributed by atoms with Gasteiger partial charge in [-0.1, -0.05) is 50.1 Å². The molecule has 20 heavy (non-hydrogen) atoms. The SMILES string of the molecule is CCSCCC(C)NC1CCCCC1c1ccccc1. The zero-order valence-corrected chi connectivity index (χ0v) is 13.8. The van der Waals surface area contributed by atoms with Gasteiger partial charge in [0.05, 0.1) is 0 Å². The summed E-state index contributed by atoms with van der Waals surface area (Å²) >= 11 is 2.06. The quantitative estimate of drug-likeness (QED) is 0.722. The van der Waals surface area contributed by atoms with Crippen molar-refractivity contribution in [2.45, 2.75) is 64.0 Å². The van der Waals surface area contributed by atoms with E-state index in [1.165, 1.54) is 49.2 Å². The van der Waals surface area contributed by atoms with Crippen LogP contribution in [0.4, 0.5) is 0 Å². The zero-order valence-electron chi connectivity index (χ0n) is 13.0. The summed E-state index contributed by atoms with van der Waals surface area (Å²) in [6, 6.07) is 12.4. The van der Waals surface area contributed by atoms with Gasteiger partial charge in [0.1, 0.15) is 0 Å². The second-order valence-corrected chi connectivity index (χ2v) is 7.36. The van der Waals surface area contributed by atoms with Gasteiger partial charge < -0.3 is 5.32 Å². The summed E-state index contributed by atoms with van der Waals surface area (Å²) in [5.74, 6) is 3.24. The number of benzene rings is 1. The van der Waals surface area contributed by atoms with Crippen LogP contribution in [0.3, 0.4) is 0 Å². The summed E-state index contributed by atoms with van der Waals surface area (Å²) in [7, 11) is 0. The number of nitrogens with one attached hydrogen (secondary N) is 1. The van der Waals surface area contributed by atoms with Gasteiger partial charge in [-0.25, -0.2) is 0 Å². The molecule has 0 aromatic heterocycles. The van der Waals surface area contributed by atoms with E-state index in [4.69, 9.17) is 0 Å². The van der Waals surface area contributed by atoms with Crippen LogP contribution < -0.4 is 5.32 Å². The number of hydrogen-bond donors (Lipinski definition) is 1. The van der Waals surface area contributed by atoms with Gasteiger partial charge in [0, 0.05) is 12.1 Å². The summed E-state index contributed by atoms with van der Waals surface area (Å²) in [6.45, 7) is 4.60. The molecule has 0 aliphatic heterocycles. The van der Waals surface area contributed by atoms with Crippen molar-refractivity contribution >= 4 is 11.8 Å². The van der Waals surface area contributed by atoms with E-state index in [9.17, 15) is 0 Å². The van der Waals surface area contributed by atoms with Crippen molar-refractivity contribution in [2.75, 3.05) is 11.5 Å². The fraction of sp³-hybridized carbons (Fsp3) is 0.667. The fourth-order valence-corrected chi connectivity index (χ4v) is 4.09. The topological polar surface area (TPSA) is 12.0 Å². The zero-order chi connectivity index (χ0) is 14.2. The summed E-state index contributed by atoms with van der Waals surface area (Å²) in [5.41, 5.74) is 1.53. The summed E-state index contributed by atoms with van der Waals surface area (Å²) in [6.07, 6.45) is 6.74. The van der Waals surface area contributed by atoms with Gasteiger partial charge in [-0.2, -0.15) is 11.8 Å². The van der Waals surface area contributed by atoms with Crippen LogP contribution in [0.15, 0.2) is 30.3 Å². The molecule has 1 nitrogen and oxygen atoms in total. The Morgan fingerprint density at radius 1 is 1.20 bits per heavy atom. The van der Waals surface area contributed by atoms with Crippen LogP contribution in [0, 0.1) is 0 Å². The lowest BCUT2D eigenvalue weighted by Gasteiger charge is -2.35. The van der Waals surface area contributed by atoms with Crippen molar-refractivity contribution in [2.24, 2.45) is 0 Å². The third-order valence-electron chi connectivity index (χ3n) is 4.39. The van der Waals surface area contributed by atoms with Crippen LogP contribution in [-0.2, 0) is 0 Å². The van der Waals surface area contributed by atoms with Crippen LogP contribution in [0.25, 0.3) is 0 Å². The molecule has 3 atom stereocenters. The maximum absolute atomic E-state index is 3.91. The van der Waals surface area contributed by atoms with Crippen LogP contribution in [-0.4, -0.2) is 23.6 Å². The van der Waals surface area contributed by atoms with Crippen molar-refractivity contribution in [3.63, 3.8) is 0 Å². The Balaban J connectivity index is 1.90. The Hall–Kier alpha value is -0.470. The van der Waals surface area contributed by atoms with E-state index in [2.05, 4.69) is 61.3 Å². The van der Waals surface area contributed by atoms with Crippen LogP contribution in [0.5, 0.6) is 0 Å². The van der Waals surface area contributed by atoms with Crippen LogP contribution >= 0.6 is 11.8 Å². The molecular weight excluding hydrogens is 262 g/mol. The molecule has 2 rings (SSSR count). The minimum Gasteiger partial charge on any atom is -0.311 e. The number of rotatable bonds is 7. The Bertz CT molecular complexity index is 365. The predicted molar refractivity (Wildman–Crippen MR) is 91.7 cm³/mol. The second kappa shape index (κ2) is 8.74. The number of hydrogen-bond acceptors (Lipinski definition) is 2. The molecule has 1 saturated carbocycles. The standard InChI is InChI=1S/C18H29NS/c1-3-20-14-13-15(2)19-18-12-8-7-11-17(18)16-9-5-4-6-10-16/h4-6,9-10,15,17-19H,3,7-8,11-14H2,1-2H3. The van der Waals surface area contributed by atoms with Gasteiger partial charge in [0.25, 0.3) is 0 Å². The minimum absolute atomic E-state index is 0.642. The van der Waals surface area contributed by atoms with E-state index in [-0.39, 0.29) is 0 Å². The van der Waals surface area contributed by atoms with Crippen molar-refractivity contribution < 1.29 is 0 Å². The van der Waals surface area contributed by atoms with Gasteiger partial charge >= 0.3 is 0 Å². The van der Waals surface area contributed by atoms with E-state index in [1.807, 2.05) is 0 Å². The lowest BCUT2D eigenvalue weighted by molar-refractivity contribution is 0.302. The maximum atomic E-state index is 3.91. The van der Waals surface area contributed by atoms with E-state index in [0.29, 0.717) is 18.0 Å². The summed E-state index contributed by atoms with van der Waals surface area (Å²) in [4.78, 5) is 0. The molecule has 112 valence electrons. The molecule has 2 heteroatoms. The third kappa shape index (κ3) is 4.82. The highest BCUT2D eigenvalue weighted by Gasteiger charge is 2.26. The first-order valence-corrected chi connectivity index (χ1v) is 9.35. The van der Waals surface area contributed by atoms with Crippen molar-refractivity contribution in [3.8, 4) is 0 Å². The minimum atomic E-state index is 0.642. The highest BCUT2D eigenvalue weighted by molar-refractivity contribution is 7.99. The van der Waals surface area contributed by atoms with Crippen LogP contribution in [0.2, 0.25) is 0 Å². The first-order valence-electron chi connectivity index (χ1n) is 8.20. The molecule has 0 radical (unpaired) electrons. The molecule has 1 aromatic carbocycles. The summed E-state index contributed by atoms with van der Waals surface area (Å²) in [5, 5.41) is 3.91. The predicted octanol–water partition coefficient (Wildman–Crippen LogP) is 4.83. The van der Waals surface area contributed by atoms with E-state index >= 15 is 0 Å². The molecule has 0 amide bonds. The van der Waals surface area contributed by atoms with Crippen LogP contribution in [0.1, 0.15) is 57.4 Å². The Labute approximate surface area is 128 Å². The molecule has 1 aliphatic rings. The smallest absolute Gasteiger partial charge is 0.0138 e. The maximum Gasteiger partial charge on any atom is 0.0138 e.